The van der Waals surface area contributed by atoms with Gasteiger partial charge in [0.1, 0.15) is 4.83 Å². The zero-order valence-corrected chi connectivity index (χ0v) is 24.4. The molecule has 0 unspecified atom stereocenters. The number of morpholine rings is 1. The summed E-state index contributed by atoms with van der Waals surface area (Å²) >= 11 is 7.39. The molecule has 2 aromatic heterocycles. The monoisotopic (exact) mass is 587 g/mol. The molecule has 1 aliphatic heterocycles. The van der Waals surface area contributed by atoms with Crippen LogP contribution in [0.3, 0.4) is 0 Å². The van der Waals surface area contributed by atoms with Crippen molar-refractivity contribution in [1.29, 1.82) is 0 Å². The van der Waals surface area contributed by atoms with Crippen LogP contribution in [0, 0.1) is 6.92 Å². The van der Waals surface area contributed by atoms with E-state index in [4.69, 9.17) is 16.3 Å². The summed E-state index contributed by atoms with van der Waals surface area (Å²) in [5, 5.41) is 9.16. The van der Waals surface area contributed by atoms with Crippen LogP contribution in [-0.2, 0) is 14.8 Å². The average molecular weight is 588 g/mol. The van der Waals surface area contributed by atoms with Crippen LogP contribution in [0.2, 0.25) is 5.02 Å². The van der Waals surface area contributed by atoms with Crippen LogP contribution < -0.4 is 10.2 Å². The van der Waals surface area contributed by atoms with Crippen LogP contribution in [0.25, 0.3) is 15.9 Å². The number of ether oxygens (including phenoxy) is 1. The third kappa shape index (κ3) is 5.42. The predicted octanol–water partition coefficient (Wildman–Crippen LogP) is 5.17. The number of aromatic nitrogens is 2. The Bertz CT molecular complexity index is 1610. The molecule has 0 atom stereocenters. The van der Waals surface area contributed by atoms with Crippen molar-refractivity contribution in [2.75, 3.05) is 49.6 Å². The Morgan fingerprint density at radius 3 is 2.46 bits per heavy atom. The number of thiophene rings is 1. The van der Waals surface area contributed by atoms with Crippen molar-refractivity contribution in [3.8, 4) is 5.69 Å². The fourth-order valence-electron chi connectivity index (χ4n) is 4.65. The Kier molecular flexibility index (Phi) is 7.97. The first-order valence-corrected chi connectivity index (χ1v) is 15.4. The van der Waals surface area contributed by atoms with Gasteiger partial charge >= 0.3 is 0 Å². The van der Waals surface area contributed by atoms with E-state index >= 15 is 0 Å². The summed E-state index contributed by atoms with van der Waals surface area (Å²) in [6, 6.07) is 14.1. The molecule has 1 amide bonds. The minimum absolute atomic E-state index is 0.140. The minimum Gasteiger partial charge on any atom is -0.379 e. The van der Waals surface area contributed by atoms with Gasteiger partial charge in [-0.05, 0) is 69.3 Å². The third-order valence-electron chi connectivity index (χ3n) is 6.77. The second-order valence-electron chi connectivity index (χ2n) is 9.12. The van der Waals surface area contributed by atoms with E-state index in [2.05, 4.69) is 15.3 Å². The third-order valence-corrected chi connectivity index (χ3v) is 10.0. The number of halogens is 1. The lowest BCUT2D eigenvalue weighted by Crippen LogP contribution is -2.40. The molecule has 4 aromatic rings. The molecule has 1 saturated heterocycles. The number of benzene rings is 2. The number of nitrogens with zero attached hydrogens (tertiary/aromatic N) is 4. The highest BCUT2D eigenvalue weighted by molar-refractivity contribution is 7.89. The van der Waals surface area contributed by atoms with Gasteiger partial charge in [-0.3, -0.25) is 4.79 Å². The standard InChI is InChI=1S/C27H30ClN5O4S2/c1-4-31(5-2)24-11-10-21(39(35,36)32-12-14-37-15-13-32)16-23(24)29-26(34)25-17-22-18(3)30-33(27(22)38-25)20-8-6-19(28)7-9-20/h6-11,16-17H,4-5,12-15H2,1-3H3,(H,29,34). The Balaban J connectivity index is 1.50. The van der Waals surface area contributed by atoms with E-state index in [0.29, 0.717) is 55.0 Å². The molecule has 1 fully saturated rings. The molecule has 0 aliphatic carbocycles. The van der Waals surface area contributed by atoms with E-state index in [-0.39, 0.29) is 10.8 Å². The van der Waals surface area contributed by atoms with Crippen LogP contribution >= 0.6 is 22.9 Å². The van der Waals surface area contributed by atoms with Gasteiger partial charge in [0, 0.05) is 36.6 Å². The largest absolute Gasteiger partial charge is 0.379 e. The van der Waals surface area contributed by atoms with E-state index in [1.807, 2.05) is 39.0 Å². The van der Waals surface area contributed by atoms with Crippen molar-refractivity contribution in [2.45, 2.75) is 25.7 Å². The maximum absolute atomic E-state index is 13.6. The summed E-state index contributed by atoms with van der Waals surface area (Å²) in [6.07, 6.45) is 0. The van der Waals surface area contributed by atoms with E-state index in [1.54, 1.807) is 35.0 Å². The lowest BCUT2D eigenvalue weighted by atomic mass is 10.2. The SMILES string of the molecule is CCN(CC)c1ccc(S(=O)(=O)N2CCOCC2)cc1NC(=O)c1cc2c(C)nn(-c3ccc(Cl)cc3)c2s1. The van der Waals surface area contributed by atoms with Gasteiger partial charge in [-0.2, -0.15) is 9.40 Å². The number of amides is 1. The first kappa shape index (κ1) is 27.6. The second-order valence-corrected chi connectivity index (χ2v) is 12.5. The summed E-state index contributed by atoms with van der Waals surface area (Å²) in [5.41, 5.74) is 2.86. The molecule has 39 heavy (non-hydrogen) atoms. The number of fused-ring (bicyclic) bond motifs is 1. The Hall–Kier alpha value is -2.96. The van der Waals surface area contributed by atoms with E-state index in [9.17, 15) is 13.2 Å². The molecule has 0 saturated carbocycles. The number of carbonyl (C=O) groups is 1. The van der Waals surface area contributed by atoms with Gasteiger partial charge in [0.25, 0.3) is 5.91 Å². The van der Waals surface area contributed by atoms with Gasteiger partial charge in [0.2, 0.25) is 10.0 Å². The summed E-state index contributed by atoms with van der Waals surface area (Å²) in [4.78, 5) is 17.1. The summed E-state index contributed by atoms with van der Waals surface area (Å²) in [6.45, 7) is 8.67. The number of hydrogen-bond acceptors (Lipinski definition) is 7. The number of carbonyl (C=O) groups excluding carboxylic acids is 1. The lowest BCUT2D eigenvalue weighted by molar-refractivity contribution is 0.0730. The lowest BCUT2D eigenvalue weighted by Gasteiger charge is -2.28. The van der Waals surface area contributed by atoms with Gasteiger partial charge in [-0.15, -0.1) is 11.3 Å². The van der Waals surface area contributed by atoms with Crippen LogP contribution in [0.1, 0.15) is 29.2 Å². The topological polar surface area (TPSA) is 96.8 Å². The molecular weight excluding hydrogens is 558 g/mol. The normalized spacial score (nSPS) is 14.6. The molecule has 1 N–H and O–H groups in total. The van der Waals surface area contributed by atoms with Crippen molar-refractivity contribution in [3.63, 3.8) is 0 Å². The number of hydrogen-bond donors (Lipinski definition) is 1. The zero-order valence-electron chi connectivity index (χ0n) is 22.0. The molecule has 12 heteroatoms. The number of nitrogens with one attached hydrogen (secondary N) is 1. The maximum Gasteiger partial charge on any atom is 0.265 e. The van der Waals surface area contributed by atoms with Crippen molar-refractivity contribution < 1.29 is 17.9 Å². The highest BCUT2D eigenvalue weighted by atomic mass is 35.5. The molecule has 206 valence electrons. The molecule has 9 nitrogen and oxygen atoms in total. The fraction of sp³-hybridized carbons (Fsp3) is 0.333. The first-order chi connectivity index (χ1) is 18.7. The minimum atomic E-state index is -3.73. The van der Waals surface area contributed by atoms with Crippen molar-refractivity contribution in [3.05, 3.63) is 64.1 Å². The highest BCUT2D eigenvalue weighted by Gasteiger charge is 2.28. The van der Waals surface area contributed by atoms with Crippen molar-refractivity contribution in [2.24, 2.45) is 0 Å². The fourth-order valence-corrected chi connectivity index (χ4v) is 7.29. The van der Waals surface area contributed by atoms with Crippen LogP contribution in [0.5, 0.6) is 0 Å². The first-order valence-electron chi connectivity index (χ1n) is 12.8. The number of aryl methyl sites for hydroxylation is 1. The Morgan fingerprint density at radius 2 is 1.79 bits per heavy atom. The molecular formula is C27H30ClN5O4S2. The van der Waals surface area contributed by atoms with Gasteiger partial charge in [0.15, 0.2) is 0 Å². The quantitative estimate of drug-likeness (QED) is 0.306. The summed E-state index contributed by atoms with van der Waals surface area (Å²) in [5.74, 6) is -0.312. The maximum atomic E-state index is 13.6. The Morgan fingerprint density at radius 1 is 1.10 bits per heavy atom. The molecule has 5 rings (SSSR count). The molecule has 3 heterocycles. The molecule has 0 spiro atoms. The molecule has 0 radical (unpaired) electrons. The average Bonchev–Trinajstić information content (AvgIpc) is 3.51. The van der Waals surface area contributed by atoms with Gasteiger partial charge in [-0.1, -0.05) is 11.6 Å². The summed E-state index contributed by atoms with van der Waals surface area (Å²) < 4.78 is 35.3. The van der Waals surface area contributed by atoms with Gasteiger partial charge < -0.3 is 15.0 Å². The predicted molar refractivity (Wildman–Crippen MR) is 156 cm³/mol. The summed E-state index contributed by atoms with van der Waals surface area (Å²) in [7, 11) is -3.73. The Labute approximate surface area is 237 Å². The van der Waals surface area contributed by atoms with Crippen LogP contribution in [-0.4, -0.2) is 67.8 Å². The molecule has 2 aromatic carbocycles. The number of sulfonamides is 1. The van der Waals surface area contributed by atoms with E-state index in [0.717, 1.165) is 27.3 Å². The van der Waals surface area contributed by atoms with Crippen molar-refractivity contribution >= 4 is 60.5 Å². The zero-order chi connectivity index (χ0) is 27.7. The molecule has 0 bridgehead atoms. The smallest absolute Gasteiger partial charge is 0.265 e. The van der Waals surface area contributed by atoms with Crippen LogP contribution in [0.4, 0.5) is 11.4 Å². The number of rotatable bonds is 8. The molecule has 1 aliphatic rings. The van der Waals surface area contributed by atoms with Gasteiger partial charge in [0.05, 0.1) is 45.7 Å². The van der Waals surface area contributed by atoms with Crippen LogP contribution in [0.15, 0.2) is 53.4 Å². The van der Waals surface area contributed by atoms with Crippen molar-refractivity contribution in [1.82, 2.24) is 14.1 Å². The van der Waals surface area contributed by atoms with E-state index < -0.39 is 10.0 Å². The van der Waals surface area contributed by atoms with Gasteiger partial charge in [-0.25, -0.2) is 13.1 Å². The second kappa shape index (κ2) is 11.3. The van der Waals surface area contributed by atoms with E-state index in [1.165, 1.54) is 15.6 Å². The highest BCUT2D eigenvalue weighted by Crippen LogP contribution is 2.34. The number of anilines is 2.